The maximum absolute atomic E-state index is 6.52. The van der Waals surface area contributed by atoms with Crippen molar-refractivity contribution in [3.8, 4) is 0 Å². The summed E-state index contributed by atoms with van der Waals surface area (Å²) in [7, 11) is 0. The van der Waals surface area contributed by atoms with Crippen molar-refractivity contribution in [1.29, 1.82) is 0 Å². The minimum Gasteiger partial charge on any atom is -0.327 e. The monoisotopic (exact) mass is 193 g/mol. The van der Waals surface area contributed by atoms with E-state index >= 15 is 0 Å². The Morgan fingerprint density at radius 2 is 2.00 bits per heavy atom. The van der Waals surface area contributed by atoms with E-state index in [-0.39, 0.29) is 0 Å². The van der Waals surface area contributed by atoms with Crippen molar-refractivity contribution >= 4 is 0 Å². The van der Waals surface area contributed by atoms with Gasteiger partial charge in [0.25, 0.3) is 0 Å². The third-order valence-corrected chi connectivity index (χ3v) is 5.78. The van der Waals surface area contributed by atoms with Crippen LogP contribution in [0.15, 0.2) is 0 Å². The zero-order chi connectivity index (χ0) is 9.76. The predicted octanol–water partition coefficient (Wildman–Crippen LogP) is 2.94. The van der Waals surface area contributed by atoms with Crippen LogP contribution in [0.25, 0.3) is 0 Å². The summed E-state index contributed by atoms with van der Waals surface area (Å²) in [6, 6.07) is 0.552. The summed E-state index contributed by atoms with van der Waals surface area (Å²) >= 11 is 0. The fourth-order valence-corrected chi connectivity index (χ4v) is 5.04. The zero-order valence-corrected chi connectivity index (χ0v) is 9.34. The molecule has 5 atom stereocenters. The average molecular weight is 193 g/mol. The molecule has 2 bridgehead atoms. The highest BCUT2D eigenvalue weighted by molar-refractivity contribution is 5.11. The lowest BCUT2D eigenvalue weighted by Crippen LogP contribution is -2.51. The Morgan fingerprint density at radius 1 is 1.14 bits per heavy atom. The molecule has 0 aromatic heterocycles. The van der Waals surface area contributed by atoms with Gasteiger partial charge in [0.05, 0.1) is 0 Å². The summed E-state index contributed by atoms with van der Waals surface area (Å²) in [6.45, 7) is 2.47. The lowest BCUT2D eigenvalue weighted by Gasteiger charge is -2.49. The van der Waals surface area contributed by atoms with Gasteiger partial charge in [0.15, 0.2) is 0 Å². The molecule has 0 aliphatic heterocycles. The predicted molar refractivity (Wildman–Crippen MR) is 58.9 cm³/mol. The molecule has 3 saturated carbocycles. The number of hydrogen-bond donors (Lipinski definition) is 1. The molecule has 1 spiro atoms. The first-order chi connectivity index (χ1) is 6.75. The molecule has 14 heavy (non-hydrogen) atoms. The third kappa shape index (κ3) is 0.946. The quantitative estimate of drug-likeness (QED) is 0.629. The molecule has 0 aromatic rings. The van der Waals surface area contributed by atoms with Gasteiger partial charge in [0.2, 0.25) is 0 Å². The number of rotatable bonds is 0. The molecule has 0 aromatic carbocycles. The van der Waals surface area contributed by atoms with E-state index in [0.717, 1.165) is 17.8 Å². The summed E-state index contributed by atoms with van der Waals surface area (Å²) < 4.78 is 0. The Kier molecular flexibility index (Phi) is 1.96. The van der Waals surface area contributed by atoms with E-state index in [1.807, 2.05) is 0 Å². The van der Waals surface area contributed by atoms with Crippen molar-refractivity contribution < 1.29 is 0 Å². The van der Waals surface area contributed by atoms with E-state index in [4.69, 9.17) is 5.73 Å². The molecule has 0 saturated heterocycles. The van der Waals surface area contributed by atoms with E-state index in [0.29, 0.717) is 11.5 Å². The summed E-state index contributed by atoms with van der Waals surface area (Å²) in [5, 5.41) is 0. The van der Waals surface area contributed by atoms with Crippen LogP contribution in [0.4, 0.5) is 0 Å². The Labute approximate surface area is 87.4 Å². The van der Waals surface area contributed by atoms with Crippen LogP contribution in [-0.4, -0.2) is 6.04 Å². The molecule has 0 amide bonds. The first kappa shape index (κ1) is 9.21. The van der Waals surface area contributed by atoms with Crippen molar-refractivity contribution in [2.45, 2.75) is 57.9 Å². The van der Waals surface area contributed by atoms with Gasteiger partial charge in [0.1, 0.15) is 0 Å². The SMILES string of the molecule is CC1CCCCC12[C@H]1CCC(C1)[C@H]2N. The lowest BCUT2D eigenvalue weighted by molar-refractivity contribution is 0.0201. The van der Waals surface area contributed by atoms with E-state index < -0.39 is 0 Å². The summed E-state index contributed by atoms with van der Waals surface area (Å²) in [5.74, 6) is 2.79. The van der Waals surface area contributed by atoms with Crippen molar-refractivity contribution in [2.75, 3.05) is 0 Å². The van der Waals surface area contributed by atoms with Crippen LogP contribution in [0.3, 0.4) is 0 Å². The highest BCUT2D eigenvalue weighted by Crippen LogP contribution is 2.62. The fraction of sp³-hybridized carbons (Fsp3) is 1.00. The fourth-order valence-electron chi connectivity index (χ4n) is 5.04. The summed E-state index contributed by atoms with van der Waals surface area (Å²) in [6.07, 6.45) is 10.2. The zero-order valence-electron chi connectivity index (χ0n) is 9.34. The second kappa shape index (κ2) is 2.98. The van der Waals surface area contributed by atoms with Gasteiger partial charge < -0.3 is 5.73 Å². The van der Waals surface area contributed by atoms with Crippen molar-refractivity contribution in [3.63, 3.8) is 0 Å². The average Bonchev–Trinajstić information content (AvgIpc) is 2.74. The molecule has 80 valence electrons. The molecule has 3 aliphatic carbocycles. The lowest BCUT2D eigenvalue weighted by atomic mass is 9.57. The van der Waals surface area contributed by atoms with Gasteiger partial charge in [-0.2, -0.15) is 0 Å². The second-order valence-corrected chi connectivity index (χ2v) is 6.06. The molecule has 1 heteroatoms. The van der Waals surface area contributed by atoms with Crippen molar-refractivity contribution in [2.24, 2.45) is 28.9 Å². The Bertz CT molecular complexity index is 233. The first-order valence-corrected chi connectivity index (χ1v) is 6.50. The van der Waals surface area contributed by atoms with Crippen LogP contribution < -0.4 is 5.73 Å². The van der Waals surface area contributed by atoms with Gasteiger partial charge in [-0.3, -0.25) is 0 Å². The molecule has 3 fully saturated rings. The van der Waals surface area contributed by atoms with Gasteiger partial charge in [-0.1, -0.05) is 26.2 Å². The van der Waals surface area contributed by atoms with E-state index in [9.17, 15) is 0 Å². The van der Waals surface area contributed by atoms with Crippen LogP contribution in [0.2, 0.25) is 0 Å². The number of fused-ring (bicyclic) bond motifs is 3. The molecule has 2 N–H and O–H groups in total. The van der Waals surface area contributed by atoms with Crippen molar-refractivity contribution in [1.82, 2.24) is 0 Å². The van der Waals surface area contributed by atoms with Crippen LogP contribution in [0.5, 0.6) is 0 Å². The summed E-state index contributed by atoms with van der Waals surface area (Å²) in [4.78, 5) is 0. The Hall–Kier alpha value is -0.0400. The molecule has 0 radical (unpaired) electrons. The maximum atomic E-state index is 6.52. The third-order valence-electron chi connectivity index (χ3n) is 5.78. The van der Waals surface area contributed by atoms with Gasteiger partial charge >= 0.3 is 0 Å². The molecular weight excluding hydrogens is 170 g/mol. The Balaban J connectivity index is 1.93. The maximum Gasteiger partial charge on any atom is 0.0129 e. The van der Waals surface area contributed by atoms with E-state index in [1.54, 1.807) is 0 Å². The number of hydrogen-bond acceptors (Lipinski definition) is 1. The molecule has 3 unspecified atom stereocenters. The highest BCUT2D eigenvalue weighted by Gasteiger charge is 2.58. The van der Waals surface area contributed by atoms with Crippen LogP contribution in [0.1, 0.15) is 51.9 Å². The topological polar surface area (TPSA) is 26.0 Å². The van der Waals surface area contributed by atoms with Crippen LogP contribution >= 0.6 is 0 Å². The first-order valence-electron chi connectivity index (χ1n) is 6.50. The van der Waals surface area contributed by atoms with E-state index in [1.165, 1.54) is 44.9 Å². The van der Waals surface area contributed by atoms with E-state index in [2.05, 4.69) is 6.92 Å². The van der Waals surface area contributed by atoms with Gasteiger partial charge in [-0.15, -0.1) is 0 Å². The largest absolute Gasteiger partial charge is 0.327 e. The minimum absolute atomic E-state index is 0.552. The smallest absolute Gasteiger partial charge is 0.0129 e. The van der Waals surface area contributed by atoms with Gasteiger partial charge in [-0.05, 0) is 48.9 Å². The minimum atomic E-state index is 0.552. The molecule has 3 rings (SSSR count). The Morgan fingerprint density at radius 3 is 2.64 bits per heavy atom. The molecule has 1 nitrogen and oxygen atoms in total. The van der Waals surface area contributed by atoms with Crippen molar-refractivity contribution in [3.05, 3.63) is 0 Å². The van der Waals surface area contributed by atoms with Crippen LogP contribution in [-0.2, 0) is 0 Å². The highest BCUT2D eigenvalue weighted by atomic mass is 14.8. The second-order valence-electron chi connectivity index (χ2n) is 6.06. The van der Waals surface area contributed by atoms with Gasteiger partial charge in [-0.25, -0.2) is 0 Å². The number of nitrogens with two attached hydrogens (primary N) is 1. The molecule has 3 aliphatic rings. The standard InChI is InChI=1S/C13H23N/c1-9-4-2-3-7-13(9)11-6-5-10(8-11)12(13)14/h9-12H,2-8,14H2,1H3/t9?,10?,11-,12+,13?/m0/s1. The normalized spacial score (nSPS) is 57.0. The molecule has 0 heterocycles. The summed E-state index contributed by atoms with van der Waals surface area (Å²) in [5.41, 5.74) is 7.10. The molecular formula is C13H23N. The van der Waals surface area contributed by atoms with Crippen LogP contribution in [0, 0.1) is 23.2 Å². The van der Waals surface area contributed by atoms with Gasteiger partial charge in [0, 0.05) is 6.04 Å².